The molecule has 20 heavy (non-hydrogen) atoms. The number of nitro benzene ring substituents is 1. The summed E-state index contributed by atoms with van der Waals surface area (Å²) in [6.45, 7) is 3.34. The van der Waals surface area contributed by atoms with E-state index in [1.807, 2.05) is 0 Å². The molecule has 0 aromatic heterocycles. The molecule has 7 nitrogen and oxygen atoms in total. The highest BCUT2D eigenvalue weighted by Crippen LogP contribution is 2.43. The van der Waals surface area contributed by atoms with Gasteiger partial charge in [-0.3, -0.25) is 10.1 Å². The Hall–Kier alpha value is -1.57. The molecule has 0 aliphatic carbocycles. The van der Waals surface area contributed by atoms with Gasteiger partial charge in [0.15, 0.2) is 11.5 Å². The maximum Gasteiger partial charge on any atom is 0.278 e. The average molecular weight is 305 g/mol. The van der Waals surface area contributed by atoms with Crippen molar-refractivity contribution >= 4 is 18.1 Å². The summed E-state index contributed by atoms with van der Waals surface area (Å²) in [5.74, 6) is 0.772. The van der Waals surface area contributed by atoms with Crippen molar-refractivity contribution in [3.8, 4) is 11.5 Å². The van der Waals surface area contributed by atoms with Crippen molar-refractivity contribution in [3.05, 3.63) is 27.8 Å². The fourth-order valence-electron chi connectivity index (χ4n) is 1.87. The third kappa shape index (κ3) is 2.79. The summed E-state index contributed by atoms with van der Waals surface area (Å²) in [4.78, 5) is 10.6. The predicted octanol–water partition coefficient (Wildman–Crippen LogP) is 1.76. The number of aliphatic hydroxyl groups is 1. The molecule has 0 fully saturated rings. The zero-order valence-electron chi connectivity index (χ0n) is 11.2. The van der Waals surface area contributed by atoms with Crippen molar-refractivity contribution in [1.29, 1.82) is 0 Å². The van der Waals surface area contributed by atoms with Crippen LogP contribution in [0, 0.1) is 15.5 Å². The highest BCUT2D eigenvalue weighted by atomic mass is 35.5. The molecular formula is C12H17ClN2O5. The molecule has 112 valence electrons. The van der Waals surface area contributed by atoms with Crippen molar-refractivity contribution in [3.63, 3.8) is 0 Å². The van der Waals surface area contributed by atoms with Gasteiger partial charge in [0, 0.05) is 18.1 Å². The van der Waals surface area contributed by atoms with Crippen LogP contribution in [0.3, 0.4) is 0 Å². The topological polar surface area (TPSA) is 108 Å². The molecule has 1 aliphatic heterocycles. The second-order valence-electron chi connectivity index (χ2n) is 5.15. The maximum absolute atomic E-state index is 11.1. The number of fused-ring (bicyclic) bond motifs is 1. The maximum atomic E-state index is 11.1. The Kier molecular flexibility index (Phi) is 4.80. The number of hydrogen-bond acceptors (Lipinski definition) is 6. The van der Waals surface area contributed by atoms with Crippen molar-refractivity contribution in [2.45, 2.75) is 19.9 Å². The van der Waals surface area contributed by atoms with E-state index >= 15 is 0 Å². The molecule has 0 unspecified atom stereocenters. The third-order valence-corrected chi connectivity index (χ3v) is 3.30. The second kappa shape index (κ2) is 5.82. The summed E-state index contributed by atoms with van der Waals surface area (Å²) in [7, 11) is 0. The van der Waals surface area contributed by atoms with E-state index in [1.54, 1.807) is 13.8 Å². The molecule has 2 rings (SSSR count). The molecule has 0 amide bonds. The van der Waals surface area contributed by atoms with E-state index in [4.69, 9.17) is 15.2 Å². The van der Waals surface area contributed by atoms with E-state index in [1.165, 1.54) is 12.1 Å². The summed E-state index contributed by atoms with van der Waals surface area (Å²) in [6, 6.07) is 2.14. The molecule has 0 saturated carbocycles. The van der Waals surface area contributed by atoms with E-state index in [0.29, 0.717) is 17.1 Å². The summed E-state index contributed by atoms with van der Waals surface area (Å²) >= 11 is 0. The van der Waals surface area contributed by atoms with Crippen molar-refractivity contribution < 1.29 is 19.5 Å². The van der Waals surface area contributed by atoms with E-state index < -0.39 is 16.4 Å². The Morgan fingerprint density at radius 2 is 2.00 bits per heavy atom. The number of halogens is 1. The number of rotatable bonds is 4. The largest absolute Gasteiger partial charge is 0.454 e. The Morgan fingerprint density at radius 3 is 2.50 bits per heavy atom. The van der Waals surface area contributed by atoms with Gasteiger partial charge in [-0.15, -0.1) is 12.4 Å². The van der Waals surface area contributed by atoms with Crippen molar-refractivity contribution in [1.82, 2.24) is 0 Å². The van der Waals surface area contributed by atoms with E-state index in [9.17, 15) is 15.2 Å². The minimum absolute atomic E-state index is 0. The van der Waals surface area contributed by atoms with E-state index in [2.05, 4.69) is 0 Å². The number of hydrogen-bond donors (Lipinski definition) is 2. The van der Waals surface area contributed by atoms with Crippen LogP contribution in [0.25, 0.3) is 0 Å². The molecule has 8 heteroatoms. The average Bonchev–Trinajstić information content (AvgIpc) is 2.83. The van der Waals surface area contributed by atoms with Gasteiger partial charge in [-0.1, -0.05) is 13.8 Å². The van der Waals surface area contributed by atoms with Crippen molar-refractivity contribution in [2.75, 3.05) is 13.4 Å². The van der Waals surface area contributed by atoms with Crippen LogP contribution >= 0.6 is 12.4 Å². The highest BCUT2D eigenvalue weighted by molar-refractivity contribution is 5.85. The first kappa shape index (κ1) is 16.5. The molecule has 1 aromatic rings. The normalized spacial score (nSPS) is 14.6. The van der Waals surface area contributed by atoms with Gasteiger partial charge in [-0.05, 0) is 6.07 Å². The van der Waals surface area contributed by atoms with Gasteiger partial charge < -0.3 is 20.3 Å². The molecule has 0 radical (unpaired) electrons. The van der Waals surface area contributed by atoms with E-state index in [0.717, 1.165) is 0 Å². The molecule has 0 spiro atoms. The first-order valence-corrected chi connectivity index (χ1v) is 5.81. The minimum atomic E-state index is -0.688. The van der Waals surface area contributed by atoms with Crippen LogP contribution in [0.1, 0.15) is 25.5 Å². The van der Waals surface area contributed by atoms with Crippen LogP contribution in [-0.2, 0) is 0 Å². The Bertz CT molecular complexity index is 521. The Balaban J connectivity index is 0.00000200. The van der Waals surface area contributed by atoms with Crippen LogP contribution < -0.4 is 15.2 Å². The first-order valence-electron chi connectivity index (χ1n) is 5.81. The Morgan fingerprint density at radius 1 is 1.45 bits per heavy atom. The van der Waals surface area contributed by atoms with Gasteiger partial charge in [-0.25, -0.2) is 0 Å². The van der Waals surface area contributed by atoms with Crippen LogP contribution in [0.5, 0.6) is 11.5 Å². The number of benzene rings is 1. The molecule has 3 N–H and O–H groups in total. The van der Waals surface area contributed by atoms with Gasteiger partial charge in [0.25, 0.3) is 5.69 Å². The van der Waals surface area contributed by atoms with Crippen LogP contribution in [0.4, 0.5) is 5.69 Å². The second-order valence-corrected chi connectivity index (χ2v) is 5.15. The van der Waals surface area contributed by atoms with Crippen LogP contribution in [-0.4, -0.2) is 23.4 Å². The lowest BCUT2D eigenvalue weighted by Gasteiger charge is -2.29. The van der Waals surface area contributed by atoms with Crippen molar-refractivity contribution in [2.24, 2.45) is 11.1 Å². The summed E-state index contributed by atoms with van der Waals surface area (Å²) in [5, 5.41) is 20.5. The van der Waals surface area contributed by atoms with Crippen LogP contribution in [0.15, 0.2) is 12.1 Å². The molecular weight excluding hydrogens is 288 g/mol. The molecule has 0 bridgehead atoms. The monoisotopic (exact) mass is 304 g/mol. The number of nitrogens with zero attached hydrogens (tertiary/aromatic N) is 1. The smallest absolute Gasteiger partial charge is 0.278 e. The standard InChI is InChI=1S/C12H16N2O5.ClH/c1-12(2,5-15)11(13)7-3-9-10(19-6-18-9)4-8(7)14(16)17;/h3-4,11,15H,5-6,13H2,1-2H3;1H/t11-;/m0./s1. The minimum Gasteiger partial charge on any atom is -0.454 e. The lowest BCUT2D eigenvalue weighted by atomic mass is 9.81. The van der Waals surface area contributed by atoms with Gasteiger partial charge in [0.1, 0.15) is 0 Å². The SMILES string of the molecule is CC(C)(CO)[C@@H](N)c1cc2c(cc1[N+](=O)[O-])OCO2.Cl. The molecule has 1 aromatic carbocycles. The summed E-state index contributed by atoms with van der Waals surface area (Å²) in [6.07, 6.45) is 0. The Labute approximate surface area is 122 Å². The molecule has 1 atom stereocenters. The van der Waals surface area contributed by atoms with E-state index in [-0.39, 0.29) is 31.5 Å². The molecule has 1 heterocycles. The fraction of sp³-hybridized carbons (Fsp3) is 0.500. The molecule has 1 aliphatic rings. The summed E-state index contributed by atoms with van der Waals surface area (Å²) < 4.78 is 10.3. The molecule has 0 saturated heterocycles. The highest BCUT2D eigenvalue weighted by Gasteiger charge is 2.34. The number of aliphatic hydroxyl groups excluding tert-OH is 1. The fourth-order valence-corrected chi connectivity index (χ4v) is 1.87. The van der Waals surface area contributed by atoms with Gasteiger partial charge in [0.05, 0.1) is 16.6 Å². The quantitative estimate of drug-likeness (QED) is 0.648. The number of nitro groups is 1. The summed E-state index contributed by atoms with van der Waals surface area (Å²) in [5.41, 5.74) is 5.57. The predicted molar refractivity (Wildman–Crippen MR) is 74.3 cm³/mol. The third-order valence-electron chi connectivity index (χ3n) is 3.30. The number of ether oxygens (including phenoxy) is 2. The van der Waals surface area contributed by atoms with Gasteiger partial charge in [-0.2, -0.15) is 0 Å². The first-order chi connectivity index (χ1) is 8.86. The van der Waals surface area contributed by atoms with Crippen LogP contribution in [0.2, 0.25) is 0 Å². The lowest BCUT2D eigenvalue weighted by molar-refractivity contribution is -0.386. The van der Waals surface area contributed by atoms with Gasteiger partial charge >= 0.3 is 0 Å². The zero-order chi connectivity index (χ0) is 14.2. The van der Waals surface area contributed by atoms with Gasteiger partial charge in [0.2, 0.25) is 6.79 Å². The zero-order valence-corrected chi connectivity index (χ0v) is 12.0. The lowest BCUT2D eigenvalue weighted by Crippen LogP contribution is -2.32. The number of nitrogens with two attached hydrogens (primary N) is 1.